The Bertz CT molecular complexity index is 935. The van der Waals surface area contributed by atoms with E-state index in [2.05, 4.69) is 10.6 Å². The van der Waals surface area contributed by atoms with E-state index < -0.39 is 11.0 Å². The van der Waals surface area contributed by atoms with Gasteiger partial charge in [0.2, 0.25) is 0 Å². The van der Waals surface area contributed by atoms with Crippen LogP contribution in [0.1, 0.15) is 29.7 Å². The maximum atomic E-state index is 12.4. The minimum absolute atomic E-state index is 0.0338. The van der Waals surface area contributed by atoms with Crippen molar-refractivity contribution in [3.8, 4) is 0 Å². The zero-order valence-electron chi connectivity index (χ0n) is 14.3. The molecule has 0 bridgehead atoms. The molecule has 1 aliphatic rings. The molecule has 6 nitrogen and oxygen atoms in total. The molecule has 0 amide bonds. The molecule has 0 radical (unpaired) electrons. The molecule has 1 atom stereocenters. The summed E-state index contributed by atoms with van der Waals surface area (Å²) in [6.45, 7) is 3.46. The van der Waals surface area contributed by atoms with E-state index in [1.54, 1.807) is 12.1 Å². The van der Waals surface area contributed by atoms with Crippen LogP contribution in [0.15, 0.2) is 54.1 Å². The second-order valence-corrected chi connectivity index (χ2v) is 6.50. The number of carbonyl (C=O) groups is 1. The van der Waals surface area contributed by atoms with Crippen LogP contribution in [-0.4, -0.2) is 15.8 Å². The van der Waals surface area contributed by atoms with Gasteiger partial charge in [-0.2, -0.15) is 0 Å². The van der Waals surface area contributed by atoms with Gasteiger partial charge in [0.25, 0.3) is 5.69 Å². The van der Waals surface area contributed by atoms with Gasteiger partial charge in [-0.1, -0.05) is 42.0 Å². The first kappa shape index (κ1) is 17.8. The first-order valence-corrected chi connectivity index (χ1v) is 8.41. The third-order valence-corrected chi connectivity index (χ3v) is 4.43. The van der Waals surface area contributed by atoms with Gasteiger partial charge in [-0.05, 0) is 37.2 Å². The predicted molar refractivity (Wildman–Crippen MR) is 103 cm³/mol. The van der Waals surface area contributed by atoms with Crippen LogP contribution in [0.5, 0.6) is 0 Å². The van der Waals surface area contributed by atoms with Gasteiger partial charge in [0.1, 0.15) is 0 Å². The van der Waals surface area contributed by atoms with Gasteiger partial charge in [-0.3, -0.25) is 14.9 Å². The number of thiocarbonyl (C=S) groups is 1. The number of nitrogens with one attached hydrogen (secondary N) is 2. The number of nitrogens with zero attached hydrogens (tertiary/aromatic N) is 1. The first-order chi connectivity index (χ1) is 12.4. The van der Waals surface area contributed by atoms with E-state index in [0.717, 1.165) is 11.1 Å². The van der Waals surface area contributed by atoms with Gasteiger partial charge in [-0.15, -0.1) is 0 Å². The van der Waals surface area contributed by atoms with E-state index in [1.807, 2.05) is 31.2 Å². The lowest BCUT2D eigenvalue weighted by atomic mass is 9.90. The Morgan fingerprint density at radius 2 is 1.88 bits per heavy atom. The molecule has 0 aromatic heterocycles. The van der Waals surface area contributed by atoms with Gasteiger partial charge in [0.15, 0.2) is 10.9 Å². The van der Waals surface area contributed by atoms with Crippen LogP contribution in [0.3, 0.4) is 0 Å². The number of hydrogen-bond donors (Lipinski definition) is 2. The number of aryl methyl sites for hydroxylation is 1. The lowest BCUT2D eigenvalue weighted by Gasteiger charge is -2.31. The normalized spacial score (nSPS) is 16.7. The zero-order valence-corrected chi connectivity index (χ0v) is 15.1. The van der Waals surface area contributed by atoms with Crippen molar-refractivity contribution in [2.75, 3.05) is 0 Å². The van der Waals surface area contributed by atoms with E-state index in [-0.39, 0.29) is 11.5 Å². The molecule has 0 saturated heterocycles. The van der Waals surface area contributed by atoms with Crippen LogP contribution < -0.4 is 10.6 Å². The van der Waals surface area contributed by atoms with Crippen molar-refractivity contribution in [2.45, 2.75) is 19.9 Å². The van der Waals surface area contributed by atoms with Crippen LogP contribution in [0.2, 0.25) is 0 Å². The smallest absolute Gasteiger partial charge is 0.269 e. The third kappa shape index (κ3) is 3.48. The van der Waals surface area contributed by atoms with Crippen LogP contribution in [-0.2, 0) is 4.79 Å². The highest BCUT2D eigenvalue weighted by Crippen LogP contribution is 2.33. The number of nitro benzene ring substituents is 1. The molecule has 0 fully saturated rings. The largest absolute Gasteiger partial charge is 0.351 e. The molecule has 2 aromatic rings. The molecule has 1 heterocycles. The Morgan fingerprint density at radius 1 is 1.19 bits per heavy atom. The number of Topliss-reactive ketones (excluding diaryl/α,β-unsaturated/α-hetero) is 1. The Hall–Kier alpha value is -3.06. The minimum atomic E-state index is -0.558. The molecule has 7 heteroatoms. The molecule has 26 heavy (non-hydrogen) atoms. The molecule has 0 unspecified atom stereocenters. The van der Waals surface area contributed by atoms with Crippen LogP contribution in [0.4, 0.5) is 5.69 Å². The number of benzene rings is 2. The summed E-state index contributed by atoms with van der Waals surface area (Å²) in [6, 6.07) is 13.4. The van der Waals surface area contributed by atoms with E-state index in [0.29, 0.717) is 21.9 Å². The van der Waals surface area contributed by atoms with E-state index in [4.69, 9.17) is 12.2 Å². The van der Waals surface area contributed by atoms with Crippen molar-refractivity contribution in [1.82, 2.24) is 10.6 Å². The molecule has 0 saturated carbocycles. The molecule has 0 aliphatic carbocycles. The van der Waals surface area contributed by atoms with E-state index >= 15 is 0 Å². The highest BCUT2D eigenvalue weighted by Gasteiger charge is 2.30. The van der Waals surface area contributed by atoms with Crippen LogP contribution in [0, 0.1) is 17.0 Å². The lowest BCUT2D eigenvalue weighted by molar-refractivity contribution is -0.384. The fourth-order valence-electron chi connectivity index (χ4n) is 2.96. The number of ketones is 1. The molecule has 0 spiro atoms. The molecular weight excluding hydrogens is 350 g/mol. The maximum Gasteiger partial charge on any atom is 0.269 e. The highest BCUT2D eigenvalue weighted by molar-refractivity contribution is 7.80. The second-order valence-electron chi connectivity index (χ2n) is 6.09. The molecule has 3 rings (SSSR count). The number of hydrogen-bond acceptors (Lipinski definition) is 4. The molecule has 1 aliphatic heterocycles. The highest BCUT2D eigenvalue weighted by atomic mass is 32.1. The summed E-state index contributed by atoms with van der Waals surface area (Å²) in [5.41, 5.74) is 3.62. The Morgan fingerprint density at radius 3 is 2.50 bits per heavy atom. The SMILES string of the molecule is CC(=O)C1=C(c2ccc(C)cc2)NC(=S)N[C@@H]1c1cccc([N+](=O)[O-])c1. The van der Waals surface area contributed by atoms with Crippen molar-refractivity contribution in [3.63, 3.8) is 0 Å². The number of nitro groups is 1. The summed E-state index contributed by atoms with van der Waals surface area (Å²) in [4.78, 5) is 23.1. The summed E-state index contributed by atoms with van der Waals surface area (Å²) in [6.07, 6.45) is 0. The topological polar surface area (TPSA) is 84.3 Å². The first-order valence-electron chi connectivity index (χ1n) is 8.01. The average molecular weight is 367 g/mol. The average Bonchev–Trinajstić information content (AvgIpc) is 2.61. The molecular formula is C19H17N3O3S. The van der Waals surface area contributed by atoms with E-state index in [1.165, 1.54) is 19.1 Å². The standard InChI is InChI=1S/C19H17N3O3S/c1-11-6-8-13(9-7-11)17-16(12(2)23)18(21-19(26)20-17)14-4-3-5-15(10-14)22(24)25/h3-10,18H,1-2H3,(H2,20,21,26)/t18-/m1/s1. The van der Waals surface area contributed by atoms with Gasteiger partial charge in [-0.25, -0.2) is 0 Å². The summed E-state index contributed by atoms with van der Waals surface area (Å²) in [5.74, 6) is -0.139. The van der Waals surface area contributed by atoms with Gasteiger partial charge in [0, 0.05) is 17.7 Å². The van der Waals surface area contributed by atoms with Crippen molar-refractivity contribution >= 4 is 34.5 Å². The van der Waals surface area contributed by atoms with Crippen molar-refractivity contribution < 1.29 is 9.72 Å². The van der Waals surface area contributed by atoms with Crippen molar-refractivity contribution in [3.05, 3.63) is 80.9 Å². The number of rotatable bonds is 4. The third-order valence-electron chi connectivity index (χ3n) is 4.21. The van der Waals surface area contributed by atoms with E-state index in [9.17, 15) is 14.9 Å². The molecule has 2 N–H and O–H groups in total. The van der Waals surface area contributed by atoms with Gasteiger partial charge >= 0.3 is 0 Å². The van der Waals surface area contributed by atoms with Gasteiger partial charge in [0.05, 0.1) is 16.7 Å². The summed E-state index contributed by atoms with van der Waals surface area (Å²) in [7, 11) is 0. The monoisotopic (exact) mass is 367 g/mol. The Balaban J connectivity index is 2.17. The van der Waals surface area contributed by atoms with Crippen LogP contribution >= 0.6 is 12.2 Å². The van der Waals surface area contributed by atoms with Crippen molar-refractivity contribution in [1.29, 1.82) is 0 Å². The maximum absolute atomic E-state index is 12.4. The molecule has 132 valence electrons. The summed E-state index contributed by atoms with van der Waals surface area (Å²) >= 11 is 5.31. The van der Waals surface area contributed by atoms with Crippen molar-refractivity contribution in [2.24, 2.45) is 0 Å². The fourth-order valence-corrected chi connectivity index (χ4v) is 3.18. The number of non-ortho nitro benzene ring substituents is 1. The quantitative estimate of drug-likeness (QED) is 0.489. The summed E-state index contributed by atoms with van der Waals surface area (Å²) < 4.78 is 0. The predicted octanol–water partition coefficient (Wildman–Crippen LogP) is 3.42. The summed E-state index contributed by atoms with van der Waals surface area (Å²) in [5, 5.41) is 17.6. The fraction of sp³-hybridized carbons (Fsp3) is 0.158. The zero-order chi connectivity index (χ0) is 18.8. The lowest BCUT2D eigenvalue weighted by Crippen LogP contribution is -2.44. The van der Waals surface area contributed by atoms with Gasteiger partial charge < -0.3 is 10.6 Å². The number of carbonyl (C=O) groups excluding carboxylic acids is 1. The minimum Gasteiger partial charge on any atom is -0.351 e. The Labute approximate surface area is 156 Å². The molecule has 2 aromatic carbocycles. The van der Waals surface area contributed by atoms with Crippen LogP contribution in [0.25, 0.3) is 5.70 Å². The second kappa shape index (κ2) is 7.05. The Kier molecular flexibility index (Phi) is 4.81.